The number of aliphatic carboxylic acids is 1. The number of pyridine rings is 1. The van der Waals surface area contributed by atoms with Gasteiger partial charge in [-0.1, -0.05) is 38.1 Å². The lowest BCUT2D eigenvalue weighted by molar-refractivity contribution is -0.139. The molecule has 2 heterocycles. The molecule has 3 rings (SSSR count). The van der Waals surface area contributed by atoms with Crippen molar-refractivity contribution < 1.29 is 24.5 Å². The second-order valence-electron chi connectivity index (χ2n) is 8.56. The van der Waals surface area contributed by atoms with Gasteiger partial charge < -0.3 is 15.3 Å². The molecule has 0 aliphatic carbocycles. The van der Waals surface area contributed by atoms with Crippen LogP contribution in [0.25, 0.3) is 28.2 Å². The number of carbonyl (C=O) groups is 1. The number of H-pyrrole nitrogens is 1. The van der Waals surface area contributed by atoms with Crippen LogP contribution < -0.4 is 11.2 Å². The number of aromatic amines is 1. The van der Waals surface area contributed by atoms with E-state index in [1.165, 1.54) is 34.9 Å². The summed E-state index contributed by atoms with van der Waals surface area (Å²) in [5, 5.41) is 29.2. The number of hydrogen-bond acceptors (Lipinski definition) is 6. The first-order valence-electron chi connectivity index (χ1n) is 11.3. The number of nitrogens with zero attached hydrogens (tertiary/aromatic N) is 2. The number of carboxylic acid groups (broad SMARTS) is 1. The van der Waals surface area contributed by atoms with Crippen LogP contribution in [0.4, 0.5) is 4.39 Å². The molecular formula is C25H28FN3O6. The summed E-state index contributed by atoms with van der Waals surface area (Å²) in [7, 11) is 0. The Kier molecular flexibility index (Phi) is 7.98. The van der Waals surface area contributed by atoms with Gasteiger partial charge in [0.05, 0.1) is 29.7 Å². The van der Waals surface area contributed by atoms with Crippen molar-refractivity contribution in [1.82, 2.24) is 14.5 Å². The number of nitrogens with one attached hydrogen (secondary N) is 1. The Morgan fingerprint density at radius 1 is 1.20 bits per heavy atom. The predicted molar refractivity (Wildman–Crippen MR) is 130 cm³/mol. The number of aromatic nitrogens is 3. The van der Waals surface area contributed by atoms with Crippen molar-refractivity contribution in [3.63, 3.8) is 0 Å². The van der Waals surface area contributed by atoms with Crippen LogP contribution in [0.5, 0.6) is 0 Å². The molecule has 0 saturated heterocycles. The normalized spacial score (nSPS) is 13.6. The molecule has 0 saturated carbocycles. The van der Waals surface area contributed by atoms with Gasteiger partial charge in [-0.15, -0.1) is 0 Å². The van der Waals surface area contributed by atoms with Crippen molar-refractivity contribution in [2.75, 3.05) is 0 Å². The zero-order valence-corrected chi connectivity index (χ0v) is 19.7. The average Bonchev–Trinajstić information content (AvgIpc) is 2.77. The summed E-state index contributed by atoms with van der Waals surface area (Å²) in [5.74, 6) is -1.81. The number of rotatable bonds is 9. The van der Waals surface area contributed by atoms with E-state index in [-0.39, 0.29) is 29.9 Å². The molecule has 186 valence electrons. The van der Waals surface area contributed by atoms with E-state index in [9.17, 15) is 29.0 Å². The molecule has 0 fully saturated rings. The molecule has 35 heavy (non-hydrogen) atoms. The molecule has 10 heteroatoms. The highest BCUT2D eigenvalue weighted by atomic mass is 19.1. The van der Waals surface area contributed by atoms with E-state index in [0.29, 0.717) is 22.4 Å². The van der Waals surface area contributed by atoms with Crippen LogP contribution in [-0.4, -0.2) is 48.0 Å². The van der Waals surface area contributed by atoms with Crippen LogP contribution in [0.2, 0.25) is 0 Å². The molecule has 0 amide bonds. The zero-order valence-electron chi connectivity index (χ0n) is 19.7. The van der Waals surface area contributed by atoms with Gasteiger partial charge in [0.25, 0.3) is 5.56 Å². The second-order valence-corrected chi connectivity index (χ2v) is 8.56. The highest BCUT2D eigenvalue weighted by Gasteiger charge is 2.22. The van der Waals surface area contributed by atoms with E-state index in [0.717, 1.165) is 0 Å². The fourth-order valence-corrected chi connectivity index (χ4v) is 4.01. The lowest BCUT2D eigenvalue weighted by atomic mass is 9.91. The molecule has 0 spiro atoms. The molecule has 0 radical (unpaired) electrons. The molecule has 0 aliphatic heterocycles. The van der Waals surface area contributed by atoms with Gasteiger partial charge in [-0.25, -0.2) is 14.2 Å². The molecule has 2 atom stereocenters. The van der Waals surface area contributed by atoms with Crippen molar-refractivity contribution in [2.24, 2.45) is 0 Å². The maximum atomic E-state index is 13.7. The standard InChI is InChI=1S/C25H28FN3O6/c1-4-29-23-21(24(34)28-25(29)35)20(14-5-7-15(26)8-6-14)18(22(27-23)13(2)3)10-9-16(30)11-17(31)12-19(32)33/h5-10,13,16-17,30-31H,4,11-12H2,1-3H3,(H,32,33)(H,28,34,35)/b10-9+. The van der Waals surface area contributed by atoms with E-state index in [1.807, 2.05) is 13.8 Å². The quantitative estimate of drug-likeness (QED) is 0.364. The second kappa shape index (κ2) is 10.7. The molecular weight excluding hydrogens is 457 g/mol. The fraction of sp³-hybridized carbons (Fsp3) is 0.360. The maximum Gasteiger partial charge on any atom is 0.329 e. The van der Waals surface area contributed by atoms with Crippen molar-refractivity contribution in [3.8, 4) is 11.1 Å². The Balaban J connectivity index is 2.32. The lowest BCUT2D eigenvalue weighted by Gasteiger charge is -2.19. The summed E-state index contributed by atoms with van der Waals surface area (Å²) in [6.07, 6.45) is -0.197. The van der Waals surface area contributed by atoms with Gasteiger partial charge in [-0.2, -0.15) is 0 Å². The van der Waals surface area contributed by atoms with Crippen molar-refractivity contribution in [2.45, 2.75) is 58.3 Å². The minimum atomic E-state index is -1.25. The van der Waals surface area contributed by atoms with Crippen LogP contribution in [0.15, 0.2) is 39.9 Å². The number of benzene rings is 1. The summed E-state index contributed by atoms with van der Waals surface area (Å²) in [6, 6.07) is 5.54. The maximum absolute atomic E-state index is 13.7. The third-order valence-corrected chi connectivity index (χ3v) is 5.60. The topological polar surface area (TPSA) is 146 Å². The van der Waals surface area contributed by atoms with Gasteiger partial charge in [-0.3, -0.25) is 19.1 Å². The van der Waals surface area contributed by atoms with Gasteiger partial charge in [0.15, 0.2) is 0 Å². The molecule has 1 aromatic carbocycles. The van der Waals surface area contributed by atoms with Crippen LogP contribution in [0.1, 0.15) is 50.8 Å². The largest absolute Gasteiger partial charge is 0.481 e. The van der Waals surface area contributed by atoms with Crippen molar-refractivity contribution >= 4 is 23.1 Å². The SMILES string of the molecule is CCn1c(=O)[nH]c(=O)c2c(-c3ccc(F)cc3)c(/C=C/C(O)CC(O)CC(=O)O)c(C(C)C)nc21. The minimum Gasteiger partial charge on any atom is -0.481 e. The van der Waals surface area contributed by atoms with Crippen LogP contribution in [0.3, 0.4) is 0 Å². The summed E-state index contributed by atoms with van der Waals surface area (Å²) in [6.45, 7) is 5.78. The molecule has 0 aliphatic rings. The molecule has 9 nitrogen and oxygen atoms in total. The van der Waals surface area contributed by atoms with E-state index in [4.69, 9.17) is 5.11 Å². The first-order chi connectivity index (χ1) is 16.5. The Morgan fingerprint density at radius 3 is 2.43 bits per heavy atom. The Morgan fingerprint density at radius 2 is 1.86 bits per heavy atom. The number of aryl methyl sites for hydroxylation is 1. The molecule has 2 aromatic heterocycles. The third kappa shape index (κ3) is 5.72. The minimum absolute atomic E-state index is 0.141. The number of carboxylic acids is 1. The summed E-state index contributed by atoms with van der Waals surface area (Å²) >= 11 is 0. The van der Waals surface area contributed by atoms with Gasteiger partial charge >= 0.3 is 11.7 Å². The predicted octanol–water partition coefficient (Wildman–Crippen LogP) is 2.63. The van der Waals surface area contributed by atoms with Gasteiger partial charge in [0.1, 0.15) is 11.5 Å². The number of aliphatic hydroxyl groups excluding tert-OH is 2. The number of aliphatic hydroxyl groups is 2. The third-order valence-electron chi connectivity index (χ3n) is 5.60. The van der Waals surface area contributed by atoms with Crippen molar-refractivity contribution in [1.29, 1.82) is 0 Å². The summed E-state index contributed by atoms with van der Waals surface area (Å²) in [5.41, 5.74) is 0.895. The molecule has 0 bridgehead atoms. The van der Waals surface area contributed by atoms with Gasteiger partial charge in [0.2, 0.25) is 0 Å². The van der Waals surface area contributed by atoms with Crippen molar-refractivity contribution in [3.05, 3.63) is 68.3 Å². The Hall–Kier alpha value is -3.63. The van der Waals surface area contributed by atoms with Gasteiger partial charge in [-0.05, 0) is 30.5 Å². The number of halogens is 1. The van der Waals surface area contributed by atoms with Gasteiger partial charge in [0, 0.05) is 24.1 Å². The highest BCUT2D eigenvalue weighted by molar-refractivity contribution is 5.97. The highest BCUT2D eigenvalue weighted by Crippen LogP contribution is 2.35. The Labute approximate surface area is 200 Å². The van der Waals surface area contributed by atoms with Crippen LogP contribution in [-0.2, 0) is 11.3 Å². The summed E-state index contributed by atoms with van der Waals surface area (Å²) in [4.78, 5) is 43.2. The fourth-order valence-electron chi connectivity index (χ4n) is 4.01. The number of hydrogen-bond donors (Lipinski definition) is 4. The van der Waals surface area contributed by atoms with E-state index >= 15 is 0 Å². The van der Waals surface area contributed by atoms with E-state index in [1.54, 1.807) is 13.0 Å². The molecule has 3 aromatic rings. The smallest absolute Gasteiger partial charge is 0.329 e. The molecule has 2 unspecified atom stereocenters. The first kappa shape index (κ1) is 26.0. The van der Waals surface area contributed by atoms with Crippen LogP contribution >= 0.6 is 0 Å². The Bertz CT molecular complexity index is 1380. The van der Waals surface area contributed by atoms with E-state index < -0.39 is 41.7 Å². The first-order valence-corrected chi connectivity index (χ1v) is 11.3. The molecule has 4 N–H and O–H groups in total. The van der Waals surface area contributed by atoms with E-state index in [2.05, 4.69) is 9.97 Å². The van der Waals surface area contributed by atoms with Crippen LogP contribution in [0, 0.1) is 5.82 Å². The lowest BCUT2D eigenvalue weighted by Crippen LogP contribution is -2.31. The monoisotopic (exact) mass is 485 g/mol. The average molecular weight is 486 g/mol. The zero-order chi connectivity index (χ0) is 25.9. The number of fused-ring (bicyclic) bond motifs is 1. The summed E-state index contributed by atoms with van der Waals surface area (Å²) < 4.78 is 15.1.